The van der Waals surface area contributed by atoms with Gasteiger partial charge in [-0.3, -0.25) is 4.40 Å². The third kappa shape index (κ3) is 1.95. The highest BCUT2D eigenvalue weighted by Gasteiger charge is 2.11. The van der Waals surface area contributed by atoms with Crippen LogP contribution in [-0.4, -0.2) is 9.38 Å². The lowest BCUT2D eigenvalue weighted by Crippen LogP contribution is -2.12. The Morgan fingerprint density at radius 3 is 2.69 bits per heavy atom. The first-order valence-electron chi connectivity index (χ1n) is 5.80. The normalized spacial score (nSPS) is 13.6. The van der Waals surface area contributed by atoms with Crippen LogP contribution >= 0.6 is 0 Å². The van der Waals surface area contributed by atoms with E-state index in [1.165, 1.54) is 0 Å². The Labute approximate surface area is 96.3 Å². The number of hydrogen-bond acceptors (Lipinski definition) is 2. The van der Waals surface area contributed by atoms with E-state index in [2.05, 4.69) is 35.4 Å². The van der Waals surface area contributed by atoms with Gasteiger partial charge in [-0.2, -0.15) is 0 Å². The maximum Gasteiger partial charge on any atom is 0.113 e. The number of nitrogens with two attached hydrogens (primary N) is 1. The molecular formula is C13H19N3. The minimum Gasteiger partial charge on any atom is -0.323 e. The second-order valence-corrected chi connectivity index (χ2v) is 4.77. The van der Waals surface area contributed by atoms with Gasteiger partial charge in [-0.05, 0) is 25.0 Å². The predicted molar refractivity (Wildman–Crippen MR) is 66.3 cm³/mol. The second kappa shape index (κ2) is 4.26. The Morgan fingerprint density at radius 2 is 2.06 bits per heavy atom. The zero-order valence-corrected chi connectivity index (χ0v) is 10.1. The van der Waals surface area contributed by atoms with Crippen molar-refractivity contribution in [2.24, 2.45) is 11.7 Å². The predicted octanol–water partition coefficient (Wildman–Crippen LogP) is 2.55. The van der Waals surface area contributed by atoms with Crippen LogP contribution in [0, 0.1) is 5.92 Å². The van der Waals surface area contributed by atoms with Gasteiger partial charge in [0.1, 0.15) is 5.82 Å². The van der Waals surface area contributed by atoms with Gasteiger partial charge >= 0.3 is 0 Å². The lowest BCUT2D eigenvalue weighted by Gasteiger charge is -2.12. The molecule has 0 spiro atoms. The molecule has 0 amide bonds. The summed E-state index contributed by atoms with van der Waals surface area (Å²) >= 11 is 0. The fourth-order valence-electron chi connectivity index (χ4n) is 2.01. The van der Waals surface area contributed by atoms with Crippen LogP contribution in [0.15, 0.2) is 24.4 Å². The molecule has 0 radical (unpaired) electrons. The van der Waals surface area contributed by atoms with Crippen LogP contribution in [0.2, 0.25) is 0 Å². The van der Waals surface area contributed by atoms with Gasteiger partial charge in [0.2, 0.25) is 0 Å². The van der Waals surface area contributed by atoms with E-state index in [9.17, 15) is 0 Å². The van der Waals surface area contributed by atoms with Crippen LogP contribution in [0.3, 0.4) is 0 Å². The largest absolute Gasteiger partial charge is 0.323 e. The van der Waals surface area contributed by atoms with Gasteiger partial charge in [-0.1, -0.05) is 19.9 Å². The van der Waals surface area contributed by atoms with Crippen LogP contribution in [-0.2, 0) is 6.42 Å². The van der Waals surface area contributed by atoms with Gasteiger partial charge in [-0.15, -0.1) is 0 Å². The molecule has 0 saturated carbocycles. The number of fused-ring (bicyclic) bond motifs is 1. The summed E-state index contributed by atoms with van der Waals surface area (Å²) in [6.07, 6.45) is 2.90. The van der Waals surface area contributed by atoms with Crippen molar-refractivity contribution < 1.29 is 0 Å². The molecular weight excluding hydrogens is 198 g/mol. The highest BCUT2D eigenvalue weighted by molar-refractivity contribution is 5.48. The molecule has 86 valence electrons. The van der Waals surface area contributed by atoms with E-state index >= 15 is 0 Å². The van der Waals surface area contributed by atoms with Crippen molar-refractivity contribution in [2.75, 3.05) is 0 Å². The van der Waals surface area contributed by atoms with Crippen molar-refractivity contribution in [2.45, 2.75) is 33.2 Å². The van der Waals surface area contributed by atoms with Crippen molar-refractivity contribution in [3.63, 3.8) is 0 Å². The highest BCUT2D eigenvalue weighted by atomic mass is 15.0. The SMILES string of the molecule is CC(C)Cc1ncc2cccc(C(C)N)n12. The van der Waals surface area contributed by atoms with Crippen molar-refractivity contribution in [1.82, 2.24) is 9.38 Å². The fraction of sp³-hybridized carbons (Fsp3) is 0.462. The third-order valence-corrected chi connectivity index (χ3v) is 2.71. The van der Waals surface area contributed by atoms with Gasteiger partial charge < -0.3 is 5.73 Å². The Kier molecular flexibility index (Phi) is 2.97. The molecule has 2 rings (SSSR count). The summed E-state index contributed by atoms with van der Waals surface area (Å²) < 4.78 is 2.19. The van der Waals surface area contributed by atoms with Gasteiger partial charge in [-0.25, -0.2) is 4.98 Å². The Hall–Kier alpha value is -1.35. The lowest BCUT2D eigenvalue weighted by molar-refractivity contribution is 0.610. The smallest absolute Gasteiger partial charge is 0.113 e. The molecule has 16 heavy (non-hydrogen) atoms. The fourth-order valence-corrected chi connectivity index (χ4v) is 2.01. The molecule has 0 aliphatic carbocycles. The van der Waals surface area contributed by atoms with E-state index in [1.807, 2.05) is 19.2 Å². The molecule has 2 aromatic rings. The highest BCUT2D eigenvalue weighted by Crippen LogP contribution is 2.17. The average Bonchev–Trinajstić information content (AvgIpc) is 2.60. The molecule has 2 heterocycles. The van der Waals surface area contributed by atoms with Crippen molar-refractivity contribution in [3.8, 4) is 0 Å². The molecule has 0 saturated heterocycles. The van der Waals surface area contributed by atoms with Crippen LogP contribution < -0.4 is 5.73 Å². The van der Waals surface area contributed by atoms with E-state index in [1.54, 1.807) is 0 Å². The number of aromatic nitrogens is 2. The van der Waals surface area contributed by atoms with E-state index in [0.717, 1.165) is 23.5 Å². The summed E-state index contributed by atoms with van der Waals surface area (Å²) in [5, 5.41) is 0. The summed E-state index contributed by atoms with van der Waals surface area (Å²) in [4.78, 5) is 4.49. The minimum atomic E-state index is 0.0313. The third-order valence-electron chi connectivity index (χ3n) is 2.71. The first-order chi connectivity index (χ1) is 7.59. The zero-order chi connectivity index (χ0) is 11.7. The lowest BCUT2D eigenvalue weighted by atomic mass is 10.1. The summed E-state index contributed by atoms with van der Waals surface area (Å²) in [6.45, 7) is 6.42. The summed E-state index contributed by atoms with van der Waals surface area (Å²) in [5.74, 6) is 1.71. The van der Waals surface area contributed by atoms with Crippen LogP contribution in [0.4, 0.5) is 0 Å². The van der Waals surface area contributed by atoms with E-state index in [0.29, 0.717) is 5.92 Å². The maximum atomic E-state index is 5.99. The molecule has 0 aliphatic heterocycles. The van der Waals surface area contributed by atoms with Gasteiger partial charge in [0.05, 0.1) is 11.7 Å². The van der Waals surface area contributed by atoms with Crippen LogP contribution in [0.5, 0.6) is 0 Å². The molecule has 3 heteroatoms. The summed E-state index contributed by atoms with van der Waals surface area (Å²) in [7, 11) is 0. The molecule has 0 aromatic carbocycles. The number of pyridine rings is 1. The summed E-state index contributed by atoms with van der Waals surface area (Å²) in [5.41, 5.74) is 8.25. The molecule has 1 atom stereocenters. The van der Waals surface area contributed by atoms with Crippen molar-refractivity contribution in [3.05, 3.63) is 35.9 Å². The molecule has 1 unspecified atom stereocenters. The molecule has 3 nitrogen and oxygen atoms in total. The van der Waals surface area contributed by atoms with Crippen LogP contribution in [0.25, 0.3) is 5.52 Å². The Balaban J connectivity index is 2.58. The van der Waals surface area contributed by atoms with Gasteiger partial charge in [0.25, 0.3) is 0 Å². The number of nitrogens with zero attached hydrogens (tertiary/aromatic N) is 2. The second-order valence-electron chi connectivity index (χ2n) is 4.77. The number of imidazole rings is 1. The Bertz CT molecular complexity index is 483. The van der Waals surface area contributed by atoms with Crippen LogP contribution in [0.1, 0.15) is 38.3 Å². The zero-order valence-electron chi connectivity index (χ0n) is 10.1. The Morgan fingerprint density at radius 1 is 1.31 bits per heavy atom. The monoisotopic (exact) mass is 217 g/mol. The van der Waals surface area contributed by atoms with E-state index < -0.39 is 0 Å². The maximum absolute atomic E-state index is 5.99. The van der Waals surface area contributed by atoms with Crippen molar-refractivity contribution in [1.29, 1.82) is 0 Å². The van der Waals surface area contributed by atoms with Gasteiger partial charge in [0.15, 0.2) is 0 Å². The standard InChI is InChI=1S/C13H19N3/c1-9(2)7-13-15-8-11-5-4-6-12(10(3)14)16(11)13/h4-6,8-10H,7,14H2,1-3H3. The van der Waals surface area contributed by atoms with Gasteiger partial charge in [0, 0.05) is 18.2 Å². The van der Waals surface area contributed by atoms with E-state index in [-0.39, 0.29) is 6.04 Å². The molecule has 0 fully saturated rings. The number of rotatable bonds is 3. The average molecular weight is 217 g/mol. The molecule has 0 aliphatic rings. The first kappa shape index (κ1) is 11.1. The number of hydrogen-bond donors (Lipinski definition) is 1. The molecule has 2 N–H and O–H groups in total. The minimum absolute atomic E-state index is 0.0313. The molecule has 2 aromatic heterocycles. The topological polar surface area (TPSA) is 43.3 Å². The summed E-state index contributed by atoms with van der Waals surface area (Å²) in [6, 6.07) is 6.21. The first-order valence-corrected chi connectivity index (χ1v) is 5.80. The van der Waals surface area contributed by atoms with Crippen molar-refractivity contribution >= 4 is 5.52 Å². The van der Waals surface area contributed by atoms with E-state index in [4.69, 9.17) is 5.73 Å². The molecule has 0 bridgehead atoms. The quantitative estimate of drug-likeness (QED) is 0.858.